The van der Waals surface area contributed by atoms with Gasteiger partial charge in [-0.3, -0.25) is 4.79 Å². The second-order valence-electron chi connectivity index (χ2n) is 7.06. The number of carbonyl (C=O) groups is 1. The predicted molar refractivity (Wildman–Crippen MR) is 101 cm³/mol. The molecular weight excluding hydrogens is 364 g/mol. The van der Waals surface area contributed by atoms with E-state index >= 15 is 0 Å². The standard InChI is InChI=1S/C17H31ClN2O4S/c1-10(18)8-12(14-9-13(21)15(22)17(24-14)25-2)20-16(23)11-6-4-3-5-7-19-11/h10-15,17,19,21-22H,3-9H2,1-2H3,(H,20,23). The monoisotopic (exact) mass is 394 g/mol. The fourth-order valence-electron chi connectivity index (χ4n) is 3.51. The maximum absolute atomic E-state index is 12.7. The molecule has 0 aromatic heterocycles. The van der Waals surface area contributed by atoms with E-state index in [1.54, 1.807) is 0 Å². The lowest BCUT2D eigenvalue weighted by molar-refractivity contribution is -0.148. The topological polar surface area (TPSA) is 90.8 Å². The molecule has 0 spiro atoms. The molecule has 1 amide bonds. The highest BCUT2D eigenvalue weighted by Crippen LogP contribution is 2.29. The van der Waals surface area contributed by atoms with E-state index < -0.39 is 17.6 Å². The molecule has 2 fully saturated rings. The first-order valence-electron chi connectivity index (χ1n) is 9.14. The Balaban J connectivity index is 2.03. The predicted octanol–water partition coefficient (Wildman–Crippen LogP) is 1.22. The molecule has 2 aliphatic heterocycles. The van der Waals surface area contributed by atoms with Gasteiger partial charge in [-0.2, -0.15) is 0 Å². The molecule has 0 saturated carbocycles. The quantitative estimate of drug-likeness (QED) is 0.506. The van der Waals surface area contributed by atoms with Crippen molar-refractivity contribution >= 4 is 29.3 Å². The number of carbonyl (C=O) groups excluding carboxylic acids is 1. The molecule has 0 aromatic rings. The van der Waals surface area contributed by atoms with Crippen LogP contribution in [0.4, 0.5) is 0 Å². The van der Waals surface area contributed by atoms with Crippen LogP contribution in [0.15, 0.2) is 0 Å². The minimum Gasteiger partial charge on any atom is -0.390 e. The van der Waals surface area contributed by atoms with Crippen LogP contribution in [-0.2, 0) is 9.53 Å². The average molecular weight is 395 g/mol. The van der Waals surface area contributed by atoms with Crippen molar-refractivity contribution in [2.24, 2.45) is 0 Å². The Morgan fingerprint density at radius 3 is 2.84 bits per heavy atom. The number of amides is 1. The SMILES string of the molecule is CSC1OC(C(CC(C)Cl)NC(=O)C2CCCCCN2)CC(O)C1O. The van der Waals surface area contributed by atoms with E-state index in [4.69, 9.17) is 16.3 Å². The van der Waals surface area contributed by atoms with E-state index in [-0.39, 0.29) is 35.9 Å². The Hall–Kier alpha value is -0.0500. The first-order valence-corrected chi connectivity index (χ1v) is 10.9. The molecule has 7 unspecified atom stereocenters. The molecule has 6 nitrogen and oxygen atoms in total. The Kier molecular flexibility index (Phi) is 8.78. The number of ether oxygens (including phenoxy) is 1. The van der Waals surface area contributed by atoms with E-state index in [2.05, 4.69) is 10.6 Å². The lowest BCUT2D eigenvalue weighted by atomic mass is 9.94. The van der Waals surface area contributed by atoms with E-state index in [0.717, 1.165) is 32.2 Å². The van der Waals surface area contributed by atoms with Gasteiger partial charge in [0.05, 0.1) is 24.3 Å². The number of hydrogen-bond donors (Lipinski definition) is 4. The molecule has 2 heterocycles. The molecule has 25 heavy (non-hydrogen) atoms. The molecule has 0 aliphatic carbocycles. The van der Waals surface area contributed by atoms with Crippen molar-refractivity contribution in [1.82, 2.24) is 10.6 Å². The van der Waals surface area contributed by atoms with Crippen LogP contribution in [0, 0.1) is 0 Å². The third-order valence-corrected chi connectivity index (χ3v) is 5.95. The Labute approximate surface area is 159 Å². The second kappa shape index (κ2) is 10.3. The lowest BCUT2D eigenvalue weighted by Gasteiger charge is -2.40. The first kappa shape index (κ1) is 21.3. The number of nitrogens with one attached hydrogen (secondary N) is 2. The van der Waals surface area contributed by atoms with Gasteiger partial charge >= 0.3 is 0 Å². The number of aliphatic hydroxyl groups is 2. The average Bonchev–Trinajstić information content (AvgIpc) is 2.85. The summed E-state index contributed by atoms with van der Waals surface area (Å²) in [6.07, 6.45) is 4.62. The highest BCUT2D eigenvalue weighted by molar-refractivity contribution is 7.99. The highest BCUT2D eigenvalue weighted by atomic mass is 35.5. The number of aliphatic hydroxyl groups excluding tert-OH is 2. The van der Waals surface area contributed by atoms with Gasteiger partial charge in [0.1, 0.15) is 11.5 Å². The lowest BCUT2D eigenvalue weighted by Crippen LogP contribution is -2.57. The van der Waals surface area contributed by atoms with E-state index in [0.29, 0.717) is 6.42 Å². The molecule has 2 saturated heterocycles. The van der Waals surface area contributed by atoms with Crippen LogP contribution < -0.4 is 10.6 Å². The molecule has 4 N–H and O–H groups in total. The van der Waals surface area contributed by atoms with Crippen molar-refractivity contribution in [3.63, 3.8) is 0 Å². The molecule has 2 aliphatic rings. The van der Waals surface area contributed by atoms with Crippen LogP contribution >= 0.6 is 23.4 Å². The molecule has 0 radical (unpaired) electrons. The Bertz CT molecular complexity index is 421. The van der Waals surface area contributed by atoms with Crippen molar-refractivity contribution in [2.75, 3.05) is 12.8 Å². The molecule has 0 bridgehead atoms. The van der Waals surface area contributed by atoms with E-state index in [1.807, 2.05) is 13.2 Å². The van der Waals surface area contributed by atoms with Crippen LogP contribution in [0.1, 0.15) is 45.4 Å². The summed E-state index contributed by atoms with van der Waals surface area (Å²) in [7, 11) is 0. The van der Waals surface area contributed by atoms with Gasteiger partial charge in [0.15, 0.2) is 0 Å². The van der Waals surface area contributed by atoms with Crippen molar-refractivity contribution in [1.29, 1.82) is 0 Å². The number of halogens is 1. The molecule has 8 heteroatoms. The summed E-state index contributed by atoms with van der Waals surface area (Å²) in [6.45, 7) is 2.73. The van der Waals surface area contributed by atoms with Gasteiger partial charge in [-0.25, -0.2) is 0 Å². The number of alkyl halides is 1. The largest absolute Gasteiger partial charge is 0.390 e. The second-order valence-corrected chi connectivity index (χ2v) is 8.74. The van der Waals surface area contributed by atoms with Gasteiger partial charge in [0.2, 0.25) is 5.91 Å². The summed E-state index contributed by atoms with van der Waals surface area (Å²) >= 11 is 7.54. The van der Waals surface area contributed by atoms with E-state index in [1.165, 1.54) is 11.8 Å². The fraction of sp³-hybridized carbons (Fsp3) is 0.941. The van der Waals surface area contributed by atoms with Crippen LogP contribution in [0.2, 0.25) is 0 Å². The van der Waals surface area contributed by atoms with Gasteiger partial charge in [-0.05, 0) is 39.0 Å². The number of thioether (sulfide) groups is 1. The summed E-state index contributed by atoms with van der Waals surface area (Å²) in [5, 5.41) is 26.4. The van der Waals surface area contributed by atoms with E-state index in [9.17, 15) is 15.0 Å². The normalized spacial score (nSPS) is 36.3. The third-order valence-electron chi connectivity index (χ3n) is 4.92. The smallest absolute Gasteiger partial charge is 0.237 e. The minimum absolute atomic E-state index is 0.0332. The summed E-state index contributed by atoms with van der Waals surface area (Å²) in [5.41, 5.74) is -0.505. The van der Waals surface area contributed by atoms with Gasteiger partial charge in [0.25, 0.3) is 0 Å². The van der Waals surface area contributed by atoms with Crippen LogP contribution in [-0.4, -0.2) is 70.1 Å². The van der Waals surface area contributed by atoms with Crippen molar-refractivity contribution in [2.45, 2.75) is 86.7 Å². The van der Waals surface area contributed by atoms with Crippen molar-refractivity contribution in [3.8, 4) is 0 Å². The summed E-state index contributed by atoms with van der Waals surface area (Å²) in [6, 6.07) is -0.479. The minimum atomic E-state index is -0.917. The zero-order valence-corrected chi connectivity index (χ0v) is 16.6. The Morgan fingerprint density at radius 2 is 2.16 bits per heavy atom. The zero-order valence-electron chi connectivity index (χ0n) is 15.0. The maximum Gasteiger partial charge on any atom is 0.237 e. The van der Waals surface area contributed by atoms with Gasteiger partial charge < -0.3 is 25.6 Å². The van der Waals surface area contributed by atoms with Crippen molar-refractivity contribution < 1.29 is 19.7 Å². The Morgan fingerprint density at radius 1 is 1.40 bits per heavy atom. The maximum atomic E-state index is 12.7. The molecule has 7 atom stereocenters. The molecular formula is C17H31ClN2O4S. The van der Waals surface area contributed by atoms with Crippen LogP contribution in [0.3, 0.4) is 0 Å². The third kappa shape index (κ3) is 6.26. The summed E-state index contributed by atoms with van der Waals surface area (Å²) < 4.78 is 5.95. The molecule has 2 rings (SSSR count). The first-order chi connectivity index (χ1) is 11.9. The summed E-state index contributed by atoms with van der Waals surface area (Å²) in [4.78, 5) is 12.7. The number of hydrogen-bond acceptors (Lipinski definition) is 6. The van der Waals surface area contributed by atoms with Gasteiger partial charge in [-0.15, -0.1) is 23.4 Å². The zero-order chi connectivity index (χ0) is 18.4. The van der Waals surface area contributed by atoms with Gasteiger partial charge in [-0.1, -0.05) is 12.8 Å². The highest BCUT2D eigenvalue weighted by Gasteiger charge is 2.40. The van der Waals surface area contributed by atoms with Crippen molar-refractivity contribution in [3.05, 3.63) is 0 Å². The summed E-state index contributed by atoms with van der Waals surface area (Å²) in [5.74, 6) is -0.0332. The van der Waals surface area contributed by atoms with Crippen LogP contribution in [0.25, 0.3) is 0 Å². The number of rotatable bonds is 6. The molecule has 0 aromatic carbocycles. The van der Waals surface area contributed by atoms with Crippen LogP contribution in [0.5, 0.6) is 0 Å². The van der Waals surface area contributed by atoms with Gasteiger partial charge in [0, 0.05) is 11.8 Å². The molecule has 146 valence electrons. The fourth-order valence-corrected chi connectivity index (χ4v) is 4.42.